The molecule has 0 aliphatic heterocycles. The highest BCUT2D eigenvalue weighted by Crippen LogP contribution is 2.02. The first-order valence-corrected chi connectivity index (χ1v) is 4.97. The molecule has 0 amide bonds. The van der Waals surface area contributed by atoms with Crippen LogP contribution in [0.15, 0.2) is 30.3 Å². The number of Topliss-reactive ketones (excluding diaryl/α,β-unsaturated/α-hetero) is 1. The lowest BCUT2D eigenvalue weighted by Gasteiger charge is -2.15. The lowest BCUT2D eigenvalue weighted by molar-refractivity contribution is -0.133. The van der Waals surface area contributed by atoms with Crippen LogP contribution in [0.3, 0.4) is 0 Å². The zero-order valence-corrected chi connectivity index (χ0v) is 9.09. The average Bonchev–Trinajstić information content (AvgIpc) is 2.30. The van der Waals surface area contributed by atoms with E-state index >= 15 is 0 Å². The molecule has 0 bridgehead atoms. The fourth-order valence-electron chi connectivity index (χ4n) is 1.18. The average molecular weight is 225 g/mol. The van der Waals surface area contributed by atoms with Gasteiger partial charge in [-0.15, -0.1) is 0 Å². The summed E-state index contributed by atoms with van der Waals surface area (Å²) in [6, 6.07) is 9.28. The molecule has 0 fully saturated rings. The molecule has 2 atom stereocenters. The van der Waals surface area contributed by atoms with Gasteiger partial charge in [-0.05, 0) is 12.5 Å². The molecule has 4 heteroatoms. The van der Waals surface area contributed by atoms with Gasteiger partial charge in [-0.2, -0.15) is 0 Å². The van der Waals surface area contributed by atoms with Crippen LogP contribution >= 0.6 is 0 Å². The van der Waals surface area contributed by atoms with Crippen molar-refractivity contribution in [3.05, 3.63) is 35.9 Å². The van der Waals surface area contributed by atoms with E-state index in [1.54, 1.807) is 0 Å². The molecule has 0 aromatic heterocycles. The summed E-state index contributed by atoms with van der Waals surface area (Å²) >= 11 is 0. The van der Waals surface area contributed by atoms with Gasteiger partial charge in [-0.25, -0.2) is 0 Å². The smallest absolute Gasteiger partial charge is 0.160 e. The molecule has 0 heterocycles. The third-order valence-electron chi connectivity index (χ3n) is 2.06. The molecule has 0 aliphatic rings. The van der Waals surface area contributed by atoms with Gasteiger partial charge in [0, 0.05) is 0 Å². The summed E-state index contributed by atoms with van der Waals surface area (Å²) in [5.74, 6) is -0.812. The number of aliphatic hydroxyl groups excluding tert-OH is 1. The summed E-state index contributed by atoms with van der Waals surface area (Å²) in [5.41, 5.74) is 0.913. The summed E-state index contributed by atoms with van der Waals surface area (Å²) in [6.45, 7) is 1.04. The Bertz CT molecular complexity index is 364. The fourth-order valence-corrected chi connectivity index (χ4v) is 1.18. The van der Waals surface area contributed by atoms with E-state index in [0.717, 1.165) is 12.5 Å². The van der Waals surface area contributed by atoms with Crippen LogP contribution in [0.5, 0.6) is 0 Å². The monoisotopic (exact) mass is 225 g/mol. The Labute approximate surface area is 95.9 Å². The molecule has 1 aromatic rings. The number of rotatable bonds is 6. The summed E-state index contributed by atoms with van der Waals surface area (Å²) in [7, 11) is 0. The van der Waals surface area contributed by atoms with Crippen LogP contribution in [0.1, 0.15) is 13.9 Å². The molecule has 88 valence electrons. The van der Waals surface area contributed by atoms with Gasteiger partial charge in [-0.1, -0.05) is 30.3 Å². The van der Waals surface area contributed by atoms with Crippen molar-refractivity contribution in [2.24, 2.45) is 0 Å². The Morgan fingerprint density at radius 3 is 2.62 bits per heavy atom. The van der Waals surface area contributed by atoms with Gasteiger partial charge in [0.25, 0.3) is 0 Å². The maximum absolute atomic E-state index is 10.9. The van der Waals surface area contributed by atoms with Crippen molar-refractivity contribution in [2.45, 2.75) is 25.7 Å². The van der Waals surface area contributed by atoms with Crippen LogP contribution in [-0.2, 0) is 16.1 Å². The van der Waals surface area contributed by atoms with Crippen molar-refractivity contribution in [3.8, 4) is 0 Å². The topological polar surface area (TPSA) is 66.8 Å². The van der Waals surface area contributed by atoms with E-state index in [-0.39, 0.29) is 13.2 Å². The Balaban J connectivity index is 2.39. The number of aliphatic hydroxyl groups is 2. The minimum Gasteiger partial charge on any atom is -0.388 e. The number of carbonyl (C=O) groups is 1. The summed E-state index contributed by atoms with van der Waals surface area (Å²) < 4.78 is 12.4. The number of hydrogen-bond donors (Lipinski definition) is 2. The first kappa shape index (κ1) is 11.3. The van der Waals surface area contributed by atoms with Crippen molar-refractivity contribution in [2.75, 3.05) is 6.61 Å². The van der Waals surface area contributed by atoms with Crippen molar-refractivity contribution in [1.29, 1.82) is 0 Å². The van der Waals surface area contributed by atoms with Crippen LogP contribution in [0.2, 0.25) is 0 Å². The predicted octanol–water partition coefficient (Wildman–Crippen LogP) is 0.514. The third kappa shape index (κ3) is 4.10. The second kappa shape index (κ2) is 6.37. The first-order valence-electron chi connectivity index (χ1n) is 5.47. The molecule has 0 saturated heterocycles. The highest BCUT2D eigenvalue weighted by Gasteiger charge is 2.20. The van der Waals surface area contributed by atoms with E-state index in [4.69, 9.17) is 6.11 Å². The minimum absolute atomic E-state index is 0.256. The van der Waals surface area contributed by atoms with Crippen LogP contribution in [0, 0.1) is 0 Å². The molecule has 1 rings (SSSR count). The number of carbonyl (C=O) groups excluding carboxylic acids is 1. The Hall–Kier alpha value is -1.23. The molecule has 1 aromatic carbocycles. The van der Waals surface area contributed by atoms with E-state index in [1.807, 2.05) is 30.3 Å². The standard InChI is InChI=1S/C12H16O4/c1-9(13)12(15)11(14)8-16-7-10-5-3-2-4-6-10/h2-6,11-12,14-15H,7-8H2,1H3/t11-,12-/m1/s1/i12D. The lowest BCUT2D eigenvalue weighted by Crippen LogP contribution is -2.35. The van der Waals surface area contributed by atoms with Crippen LogP contribution in [0.4, 0.5) is 0 Å². The zero-order valence-electron chi connectivity index (χ0n) is 10.1. The summed E-state index contributed by atoms with van der Waals surface area (Å²) in [4.78, 5) is 10.9. The zero-order chi connectivity index (χ0) is 12.9. The maximum atomic E-state index is 10.9. The van der Waals surface area contributed by atoms with Gasteiger partial charge in [-0.3, -0.25) is 4.79 Å². The van der Waals surface area contributed by atoms with Gasteiger partial charge >= 0.3 is 0 Å². The fraction of sp³-hybridized carbons (Fsp3) is 0.417. The predicted molar refractivity (Wildman–Crippen MR) is 58.8 cm³/mol. The number of hydrogen-bond acceptors (Lipinski definition) is 4. The van der Waals surface area contributed by atoms with Crippen molar-refractivity contribution in [3.63, 3.8) is 0 Å². The van der Waals surface area contributed by atoms with E-state index < -0.39 is 18.0 Å². The van der Waals surface area contributed by atoms with Crippen LogP contribution in [0.25, 0.3) is 0 Å². The van der Waals surface area contributed by atoms with Gasteiger partial charge in [0.1, 0.15) is 12.2 Å². The third-order valence-corrected chi connectivity index (χ3v) is 2.06. The Morgan fingerprint density at radius 2 is 2.06 bits per heavy atom. The van der Waals surface area contributed by atoms with Gasteiger partial charge in [0.2, 0.25) is 0 Å². The second-order valence-corrected chi connectivity index (χ2v) is 3.46. The molecule has 2 N–H and O–H groups in total. The maximum Gasteiger partial charge on any atom is 0.160 e. The van der Waals surface area contributed by atoms with Gasteiger partial charge in [0.05, 0.1) is 14.6 Å². The molecule has 0 unspecified atom stereocenters. The number of benzene rings is 1. The highest BCUT2D eigenvalue weighted by molar-refractivity contribution is 5.80. The molecule has 0 saturated carbocycles. The molecule has 16 heavy (non-hydrogen) atoms. The Morgan fingerprint density at radius 1 is 1.44 bits per heavy atom. The van der Waals surface area contributed by atoms with Crippen molar-refractivity contribution in [1.82, 2.24) is 0 Å². The molecule has 4 nitrogen and oxygen atoms in total. The molecular weight excluding hydrogens is 208 g/mol. The van der Waals surface area contributed by atoms with Crippen molar-refractivity contribution < 1.29 is 21.1 Å². The first-order chi connectivity index (χ1) is 7.94. The van der Waals surface area contributed by atoms with E-state index in [2.05, 4.69) is 0 Å². The molecule has 0 aliphatic carbocycles. The van der Waals surface area contributed by atoms with Crippen LogP contribution in [-0.4, -0.2) is 34.8 Å². The van der Waals surface area contributed by atoms with Gasteiger partial charge in [0.15, 0.2) is 5.78 Å². The summed E-state index contributed by atoms with van der Waals surface area (Å²) in [5, 5.41) is 18.8. The van der Waals surface area contributed by atoms with E-state index in [1.165, 1.54) is 0 Å². The lowest BCUT2D eigenvalue weighted by atomic mass is 10.1. The number of ether oxygens (including phenoxy) is 1. The second-order valence-electron chi connectivity index (χ2n) is 3.46. The quantitative estimate of drug-likeness (QED) is 0.740. The minimum atomic E-state index is -2.50. The molecule has 0 radical (unpaired) electrons. The molecular formula is C12H16O4. The van der Waals surface area contributed by atoms with E-state index in [0.29, 0.717) is 0 Å². The number of ketones is 1. The van der Waals surface area contributed by atoms with Crippen LogP contribution < -0.4 is 0 Å². The largest absolute Gasteiger partial charge is 0.388 e. The summed E-state index contributed by atoms with van der Waals surface area (Å²) in [6.07, 6.45) is -4.06. The SMILES string of the molecule is [2H][C@@](O)(C(C)=O)[C@H](O)COCc1ccccc1. The molecule has 0 spiro atoms. The van der Waals surface area contributed by atoms with Gasteiger partial charge < -0.3 is 14.9 Å². The highest BCUT2D eigenvalue weighted by atomic mass is 16.5. The van der Waals surface area contributed by atoms with E-state index in [9.17, 15) is 15.0 Å². The Kier molecular flexibility index (Phi) is 4.49. The van der Waals surface area contributed by atoms with Crippen molar-refractivity contribution >= 4 is 5.78 Å². The normalized spacial score (nSPS) is 17.3.